The van der Waals surface area contributed by atoms with Crippen LogP contribution in [0.4, 0.5) is 0 Å². The lowest BCUT2D eigenvalue weighted by Gasteiger charge is -2.50. The number of hydrogen-bond donors (Lipinski definition) is 3. The van der Waals surface area contributed by atoms with E-state index < -0.39 is 5.60 Å². The number of rotatable bonds is 0. The number of benzene rings is 2. The van der Waals surface area contributed by atoms with E-state index >= 15 is 0 Å². The van der Waals surface area contributed by atoms with E-state index in [1.807, 2.05) is 24.3 Å². The average molecular weight is 277 g/mol. The smallest absolute Gasteiger partial charge is 0.116 e. The average Bonchev–Trinajstić information content (AvgIpc) is 2.83. The quantitative estimate of drug-likeness (QED) is 0.591. The minimum atomic E-state index is -0.746. The number of aromatic nitrogens is 1. The summed E-state index contributed by atoms with van der Waals surface area (Å²) in [6.45, 7) is 0. The molecule has 0 radical (unpaired) electrons. The first-order valence-electron chi connectivity index (χ1n) is 7.34. The molecule has 3 heteroatoms. The minimum Gasteiger partial charge on any atom is -0.508 e. The van der Waals surface area contributed by atoms with Crippen LogP contribution in [0.15, 0.2) is 42.5 Å². The summed E-state index contributed by atoms with van der Waals surface area (Å²) in [6, 6.07) is 13.6. The Morgan fingerprint density at radius 3 is 2.90 bits per heavy atom. The number of fused-ring (bicyclic) bond motifs is 8. The van der Waals surface area contributed by atoms with Gasteiger partial charge in [0.25, 0.3) is 0 Å². The van der Waals surface area contributed by atoms with Gasteiger partial charge in [0.2, 0.25) is 0 Å². The Morgan fingerprint density at radius 2 is 2.00 bits per heavy atom. The molecule has 0 saturated carbocycles. The van der Waals surface area contributed by atoms with Crippen LogP contribution >= 0.6 is 0 Å². The summed E-state index contributed by atoms with van der Waals surface area (Å²) >= 11 is 0. The first-order valence-corrected chi connectivity index (χ1v) is 7.34. The summed E-state index contributed by atoms with van der Waals surface area (Å²) in [7, 11) is 0. The number of aliphatic hydroxyl groups is 1. The highest BCUT2D eigenvalue weighted by Crippen LogP contribution is 2.60. The largest absolute Gasteiger partial charge is 0.508 e. The van der Waals surface area contributed by atoms with Gasteiger partial charge in [-0.25, -0.2) is 0 Å². The molecule has 21 heavy (non-hydrogen) atoms. The number of H-pyrrole nitrogens is 1. The van der Waals surface area contributed by atoms with Crippen LogP contribution in [0.2, 0.25) is 0 Å². The van der Waals surface area contributed by atoms with Crippen molar-refractivity contribution < 1.29 is 10.2 Å². The van der Waals surface area contributed by atoms with Crippen molar-refractivity contribution in [1.29, 1.82) is 0 Å². The van der Waals surface area contributed by atoms with Crippen molar-refractivity contribution in [3.05, 3.63) is 64.8 Å². The van der Waals surface area contributed by atoms with Gasteiger partial charge in [-0.3, -0.25) is 0 Å². The van der Waals surface area contributed by atoms with Crippen molar-refractivity contribution in [3.63, 3.8) is 0 Å². The highest BCUT2D eigenvalue weighted by Gasteiger charge is 2.54. The van der Waals surface area contributed by atoms with Crippen LogP contribution in [-0.4, -0.2) is 15.2 Å². The molecule has 2 atom stereocenters. The lowest BCUT2D eigenvalue weighted by molar-refractivity contribution is -0.0213. The van der Waals surface area contributed by atoms with Gasteiger partial charge in [-0.1, -0.05) is 24.3 Å². The van der Waals surface area contributed by atoms with Crippen LogP contribution in [-0.2, 0) is 12.0 Å². The molecule has 0 bridgehead atoms. The summed E-state index contributed by atoms with van der Waals surface area (Å²) in [5.74, 6) is 0.291. The highest BCUT2D eigenvalue weighted by atomic mass is 16.3. The molecule has 0 saturated heterocycles. The van der Waals surface area contributed by atoms with E-state index in [0.29, 0.717) is 0 Å². The fourth-order valence-corrected chi connectivity index (χ4v) is 4.25. The molecule has 5 rings (SSSR count). The summed E-state index contributed by atoms with van der Waals surface area (Å²) < 4.78 is 0. The fraction of sp³-hybridized carbons (Fsp3) is 0.222. The van der Waals surface area contributed by atoms with Crippen LogP contribution in [0, 0.1) is 0 Å². The second-order valence-corrected chi connectivity index (χ2v) is 6.19. The van der Waals surface area contributed by atoms with Gasteiger partial charge in [0.05, 0.1) is 0 Å². The molecule has 2 aromatic carbocycles. The number of nitrogens with one attached hydrogen (secondary N) is 1. The van der Waals surface area contributed by atoms with Crippen LogP contribution in [0.5, 0.6) is 5.75 Å². The molecule has 0 aliphatic heterocycles. The normalized spacial score (nSPS) is 25.9. The molecule has 1 aromatic heterocycles. The number of hydrogen-bond acceptors (Lipinski definition) is 2. The molecule has 1 heterocycles. The number of phenolic OH excluding ortho intramolecular Hbond substituents is 1. The Bertz CT molecular complexity index is 895. The molecule has 3 aromatic rings. The van der Waals surface area contributed by atoms with Gasteiger partial charge in [0.15, 0.2) is 0 Å². The monoisotopic (exact) mass is 277 g/mol. The predicted molar refractivity (Wildman–Crippen MR) is 80.5 cm³/mol. The second-order valence-electron chi connectivity index (χ2n) is 6.19. The summed E-state index contributed by atoms with van der Waals surface area (Å²) in [5.41, 5.74) is 4.92. The van der Waals surface area contributed by atoms with E-state index in [1.54, 1.807) is 12.1 Å². The zero-order chi connectivity index (χ0) is 14.2. The van der Waals surface area contributed by atoms with Gasteiger partial charge in [-0.2, -0.15) is 0 Å². The molecule has 2 unspecified atom stereocenters. The van der Waals surface area contributed by atoms with Gasteiger partial charge in [0, 0.05) is 22.5 Å². The standard InChI is InChI=1S/C18H15NO2/c20-10-5-6-14-12(9-10)16-15(19-14)7-8-18(21)13-4-2-1-3-11(13)17(16)18/h1-6,9,17,19-21H,7-8H2. The summed E-state index contributed by atoms with van der Waals surface area (Å²) in [6.07, 6.45) is 1.59. The third-order valence-electron chi connectivity index (χ3n) is 5.16. The van der Waals surface area contributed by atoms with Crippen molar-refractivity contribution in [2.45, 2.75) is 24.4 Å². The number of phenols is 1. The van der Waals surface area contributed by atoms with Crippen molar-refractivity contribution in [2.75, 3.05) is 0 Å². The van der Waals surface area contributed by atoms with E-state index in [1.165, 1.54) is 11.3 Å². The van der Waals surface area contributed by atoms with E-state index in [4.69, 9.17) is 0 Å². The second kappa shape index (κ2) is 3.49. The maximum Gasteiger partial charge on any atom is 0.116 e. The van der Waals surface area contributed by atoms with Crippen molar-refractivity contribution in [2.24, 2.45) is 0 Å². The lowest BCUT2D eigenvalue weighted by Crippen LogP contribution is -2.47. The van der Waals surface area contributed by atoms with Crippen LogP contribution in [0.1, 0.15) is 34.7 Å². The number of aryl methyl sites for hydroxylation is 1. The molecule has 3 N–H and O–H groups in total. The topological polar surface area (TPSA) is 56.2 Å². The third-order valence-corrected chi connectivity index (χ3v) is 5.16. The molecule has 0 spiro atoms. The van der Waals surface area contributed by atoms with E-state index in [-0.39, 0.29) is 11.7 Å². The van der Waals surface area contributed by atoms with Gasteiger partial charge >= 0.3 is 0 Å². The predicted octanol–water partition coefficient (Wildman–Crippen LogP) is 3.15. The Labute approximate surface area is 121 Å². The number of aromatic hydroxyl groups is 1. The van der Waals surface area contributed by atoms with Crippen molar-refractivity contribution in [1.82, 2.24) is 4.98 Å². The fourth-order valence-electron chi connectivity index (χ4n) is 4.25. The van der Waals surface area contributed by atoms with E-state index in [0.717, 1.165) is 34.9 Å². The lowest BCUT2D eigenvalue weighted by atomic mass is 9.57. The Balaban J connectivity index is 1.84. The van der Waals surface area contributed by atoms with Gasteiger partial charge in [-0.15, -0.1) is 0 Å². The van der Waals surface area contributed by atoms with Crippen LogP contribution < -0.4 is 0 Å². The summed E-state index contributed by atoms with van der Waals surface area (Å²) in [5, 5.41) is 21.9. The minimum absolute atomic E-state index is 0.0213. The molecule has 0 amide bonds. The molecule has 0 fully saturated rings. The summed E-state index contributed by atoms with van der Waals surface area (Å²) in [4.78, 5) is 3.45. The van der Waals surface area contributed by atoms with Crippen LogP contribution in [0.3, 0.4) is 0 Å². The van der Waals surface area contributed by atoms with E-state index in [2.05, 4.69) is 11.1 Å². The maximum absolute atomic E-state index is 11.1. The van der Waals surface area contributed by atoms with E-state index in [9.17, 15) is 10.2 Å². The third kappa shape index (κ3) is 1.23. The molecule has 3 nitrogen and oxygen atoms in total. The van der Waals surface area contributed by atoms with Crippen molar-refractivity contribution in [3.8, 4) is 5.75 Å². The van der Waals surface area contributed by atoms with Gasteiger partial charge in [-0.05, 0) is 47.7 Å². The van der Waals surface area contributed by atoms with Gasteiger partial charge < -0.3 is 15.2 Å². The first-order chi connectivity index (χ1) is 10.2. The highest BCUT2D eigenvalue weighted by molar-refractivity contribution is 5.88. The Kier molecular flexibility index (Phi) is 1.90. The zero-order valence-electron chi connectivity index (χ0n) is 11.4. The maximum atomic E-state index is 11.1. The number of aromatic amines is 1. The van der Waals surface area contributed by atoms with Gasteiger partial charge in [0.1, 0.15) is 11.4 Å². The first kappa shape index (κ1) is 11.4. The van der Waals surface area contributed by atoms with Crippen LogP contribution in [0.25, 0.3) is 10.9 Å². The molecular weight excluding hydrogens is 262 g/mol. The van der Waals surface area contributed by atoms with Crippen molar-refractivity contribution >= 4 is 10.9 Å². The molecular formula is C18H15NO2. The Morgan fingerprint density at radius 1 is 1.14 bits per heavy atom. The molecule has 2 aliphatic rings. The SMILES string of the molecule is Oc1ccc2[nH]c3c(c2c1)C1c2ccccc2C1(O)CC3. The zero-order valence-corrected chi connectivity index (χ0v) is 11.4. The molecule has 104 valence electrons. The molecule has 2 aliphatic carbocycles. The Hall–Kier alpha value is -2.26.